The molecule has 2 saturated carbocycles. The van der Waals surface area contributed by atoms with Gasteiger partial charge >= 0.3 is 0 Å². The molecule has 4 unspecified atom stereocenters. The van der Waals surface area contributed by atoms with Gasteiger partial charge in [0.05, 0.1) is 0 Å². The van der Waals surface area contributed by atoms with Crippen molar-refractivity contribution in [3.8, 4) is 11.8 Å². The summed E-state index contributed by atoms with van der Waals surface area (Å²) in [4.78, 5) is 12.4. The van der Waals surface area contributed by atoms with E-state index in [1.165, 1.54) is 0 Å². The number of hydrogen-bond acceptors (Lipinski definition) is 3. The Balaban J connectivity index is 1.72. The number of carbonyl (C=O) groups excluding carboxylic acids is 1. The first kappa shape index (κ1) is 21.4. The van der Waals surface area contributed by atoms with Crippen molar-refractivity contribution < 1.29 is 13.6 Å². The largest absolute Gasteiger partial charge is 0.450 e. The fourth-order valence-corrected chi connectivity index (χ4v) is 7.25. The molecule has 2 aliphatic carbocycles. The van der Waals surface area contributed by atoms with Crippen LogP contribution in [0.4, 0.5) is 0 Å². The maximum atomic E-state index is 12.4. The fourth-order valence-electron chi connectivity index (χ4n) is 5.62. The molecule has 0 radical (unpaired) electrons. The summed E-state index contributed by atoms with van der Waals surface area (Å²) in [7, 11) is -1.67. The average molecular weight is 401 g/mol. The Hall–Kier alpha value is -1.31. The standard InChI is InChI=1S/C24H36O3Si/c1-17(19-13-14-20-21(25)9-8-16-24(19,20)4)10-11-18-12-15-22(26-18)23(2,3)27-28(5,6)7/h12,15,17,19-20H,8-9,13-14,16H2,1-7H3. The first-order valence-corrected chi connectivity index (χ1v) is 14.2. The highest BCUT2D eigenvalue weighted by Gasteiger charge is 2.52. The monoisotopic (exact) mass is 400 g/mol. The Morgan fingerprint density at radius 3 is 2.68 bits per heavy atom. The van der Waals surface area contributed by atoms with Gasteiger partial charge in [0.15, 0.2) is 14.1 Å². The van der Waals surface area contributed by atoms with Crippen molar-refractivity contribution in [1.82, 2.24) is 0 Å². The molecule has 2 aliphatic rings. The molecule has 4 atom stereocenters. The summed E-state index contributed by atoms with van der Waals surface area (Å²) in [5.41, 5.74) is -0.310. The third kappa shape index (κ3) is 4.31. The number of fused-ring (bicyclic) bond motifs is 1. The van der Waals surface area contributed by atoms with E-state index in [-0.39, 0.29) is 17.3 Å². The summed E-state index contributed by atoms with van der Waals surface area (Å²) >= 11 is 0. The molecule has 0 saturated heterocycles. The Labute approximate surface area is 171 Å². The fraction of sp³-hybridized carbons (Fsp3) is 0.708. The van der Waals surface area contributed by atoms with Gasteiger partial charge in [-0.2, -0.15) is 0 Å². The van der Waals surface area contributed by atoms with Gasteiger partial charge in [-0.3, -0.25) is 4.79 Å². The van der Waals surface area contributed by atoms with E-state index < -0.39 is 13.9 Å². The SMILES string of the molecule is CC(C#Cc1ccc(C(C)(C)O[Si](C)(C)C)o1)C1CCC2C(=O)CCCC21C. The second-order valence-corrected chi connectivity index (χ2v) is 14.9. The molecule has 0 N–H and O–H groups in total. The van der Waals surface area contributed by atoms with Crippen LogP contribution < -0.4 is 0 Å². The smallest absolute Gasteiger partial charge is 0.185 e. The quantitative estimate of drug-likeness (QED) is 0.450. The van der Waals surface area contributed by atoms with Crippen LogP contribution in [-0.4, -0.2) is 14.1 Å². The molecule has 3 rings (SSSR count). The van der Waals surface area contributed by atoms with E-state index >= 15 is 0 Å². The van der Waals surface area contributed by atoms with Gasteiger partial charge in [-0.05, 0) is 88.6 Å². The first-order valence-electron chi connectivity index (χ1n) is 10.8. The first-order chi connectivity index (χ1) is 12.9. The van der Waals surface area contributed by atoms with Gasteiger partial charge < -0.3 is 8.84 Å². The molecule has 0 aliphatic heterocycles. The predicted octanol–water partition coefficient (Wildman–Crippen LogP) is 6.14. The van der Waals surface area contributed by atoms with Crippen LogP contribution >= 0.6 is 0 Å². The zero-order valence-corrected chi connectivity index (χ0v) is 19.6. The lowest BCUT2D eigenvalue weighted by atomic mass is 9.62. The van der Waals surface area contributed by atoms with Gasteiger partial charge in [-0.15, -0.1) is 0 Å². The van der Waals surface area contributed by atoms with Crippen molar-refractivity contribution in [2.24, 2.45) is 23.2 Å². The third-order valence-corrected chi connectivity index (χ3v) is 7.85. The zero-order chi connectivity index (χ0) is 20.7. The molecule has 3 nitrogen and oxygen atoms in total. The van der Waals surface area contributed by atoms with Crippen LogP contribution in [-0.2, 0) is 14.8 Å². The van der Waals surface area contributed by atoms with Crippen molar-refractivity contribution in [2.75, 3.05) is 0 Å². The molecule has 0 bridgehead atoms. The molecule has 0 amide bonds. The van der Waals surface area contributed by atoms with Crippen LogP contribution in [0.3, 0.4) is 0 Å². The van der Waals surface area contributed by atoms with Crippen molar-refractivity contribution in [3.63, 3.8) is 0 Å². The maximum absolute atomic E-state index is 12.4. The van der Waals surface area contributed by atoms with Crippen molar-refractivity contribution in [1.29, 1.82) is 0 Å². The van der Waals surface area contributed by atoms with E-state index in [9.17, 15) is 4.79 Å². The Morgan fingerprint density at radius 2 is 2.00 bits per heavy atom. The number of hydrogen-bond donors (Lipinski definition) is 0. The molecule has 2 fully saturated rings. The third-order valence-electron chi connectivity index (χ3n) is 6.72. The molecular weight excluding hydrogens is 364 g/mol. The number of Topliss-reactive ketones (excluding diaryl/α,β-unsaturated/α-hetero) is 1. The lowest BCUT2D eigenvalue weighted by molar-refractivity contribution is -0.129. The summed E-state index contributed by atoms with van der Waals surface area (Å²) in [5.74, 6) is 9.73. The lowest BCUT2D eigenvalue weighted by Crippen LogP contribution is -2.39. The molecular formula is C24H36O3Si. The minimum absolute atomic E-state index is 0.130. The molecule has 4 heteroatoms. The van der Waals surface area contributed by atoms with Gasteiger partial charge in [-0.1, -0.05) is 19.8 Å². The van der Waals surface area contributed by atoms with Crippen LogP contribution in [0.1, 0.15) is 71.3 Å². The normalized spacial score (nSPS) is 29.2. The Kier molecular flexibility index (Phi) is 5.73. The zero-order valence-electron chi connectivity index (χ0n) is 18.6. The second-order valence-electron chi connectivity index (χ2n) is 10.5. The second kappa shape index (κ2) is 7.50. The number of rotatable bonds is 4. The highest BCUT2D eigenvalue weighted by Crippen LogP contribution is 2.56. The van der Waals surface area contributed by atoms with E-state index in [1.54, 1.807) is 0 Å². The van der Waals surface area contributed by atoms with Crippen molar-refractivity contribution in [2.45, 2.75) is 85.0 Å². The Bertz CT molecular complexity index is 789. The lowest BCUT2D eigenvalue weighted by Gasteiger charge is -2.41. The van der Waals surface area contributed by atoms with Gasteiger partial charge in [0.25, 0.3) is 0 Å². The minimum atomic E-state index is -1.67. The van der Waals surface area contributed by atoms with Gasteiger partial charge in [0.2, 0.25) is 0 Å². The average Bonchev–Trinajstić information content (AvgIpc) is 3.15. The summed E-state index contributed by atoms with van der Waals surface area (Å²) in [6, 6.07) is 3.94. The van der Waals surface area contributed by atoms with E-state index in [1.807, 2.05) is 12.1 Å². The highest BCUT2D eigenvalue weighted by molar-refractivity contribution is 6.69. The van der Waals surface area contributed by atoms with E-state index in [0.717, 1.165) is 37.9 Å². The summed E-state index contributed by atoms with van der Waals surface area (Å²) < 4.78 is 12.3. The molecule has 1 aromatic rings. The van der Waals surface area contributed by atoms with Crippen LogP contribution in [0.5, 0.6) is 0 Å². The minimum Gasteiger partial charge on any atom is -0.450 e. The summed E-state index contributed by atoms with van der Waals surface area (Å²) in [6.45, 7) is 15.2. The van der Waals surface area contributed by atoms with E-state index in [0.29, 0.717) is 17.5 Å². The topological polar surface area (TPSA) is 39.4 Å². The number of ketones is 1. The highest BCUT2D eigenvalue weighted by atomic mass is 28.4. The van der Waals surface area contributed by atoms with Crippen molar-refractivity contribution >= 4 is 14.1 Å². The van der Waals surface area contributed by atoms with Crippen LogP contribution in [0, 0.1) is 35.0 Å². The van der Waals surface area contributed by atoms with Gasteiger partial charge in [0, 0.05) is 18.3 Å². The molecule has 0 aromatic carbocycles. The summed E-state index contributed by atoms with van der Waals surface area (Å²) in [5, 5.41) is 0. The van der Waals surface area contributed by atoms with Crippen LogP contribution in [0.2, 0.25) is 19.6 Å². The number of furan rings is 1. The molecule has 28 heavy (non-hydrogen) atoms. The molecule has 1 aromatic heterocycles. The Morgan fingerprint density at radius 1 is 1.29 bits per heavy atom. The predicted molar refractivity (Wildman–Crippen MR) is 115 cm³/mol. The van der Waals surface area contributed by atoms with E-state index in [4.69, 9.17) is 8.84 Å². The number of carbonyl (C=O) groups is 1. The van der Waals surface area contributed by atoms with Gasteiger partial charge in [-0.25, -0.2) is 0 Å². The van der Waals surface area contributed by atoms with Gasteiger partial charge in [0.1, 0.15) is 17.1 Å². The van der Waals surface area contributed by atoms with Crippen LogP contribution in [0.15, 0.2) is 16.5 Å². The van der Waals surface area contributed by atoms with Crippen LogP contribution in [0.25, 0.3) is 0 Å². The summed E-state index contributed by atoms with van der Waals surface area (Å²) in [6.07, 6.45) is 5.13. The maximum Gasteiger partial charge on any atom is 0.185 e. The molecule has 1 heterocycles. The van der Waals surface area contributed by atoms with Crippen molar-refractivity contribution in [3.05, 3.63) is 23.7 Å². The van der Waals surface area contributed by atoms with E-state index in [2.05, 4.69) is 59.2 Å². The molecule has 154 valence electrons. The molecule has 0 spiro atoms.